The summed E-state index contributed by atoms with van der Waals surface area (Å²) < 4.78 is 7.01. The number of ether oxygens (including phenoxy) is 1. The van der Waals surface area contributed by atoms with Gasteiger partial charge in [0.1, 0.15) is 5.75 Å². The number of anilines is 1. The average molecular weight is 371 g/mol. The molecule has 0 radical (unpaired) electrons. The highest BCUT2D eigenvalue weighted by molar-refractivity contribution is 7.20. The van der Waals surface area contributed by atoms with E-state index in [1.54, 1.807) is 7.11 Å². The van der Waals surface area contributed by atoms with Crippen molar-refractivity contribution < 1.29 is 4.74 Å². The Morgan fingerprint density at radius 3 is 2.80 bits per heavy atom. The van der Waals surface area contributed by atoms with Crippen LogP contribution in [0, 0.1) is 0 Å². The summed E-state index contributed by atoms with van der Waals surface area (Å²) in [5.41, 5.74) is 3.07. The summed E-state index contributed by atoms with van der Waals surface area (Å²) in [5, 5.41) is 9.48. The number of nitrogens with zero attached hydrogens (tertiary/aromatic N) is 3. The third-order valence-electron chi connectivity index (χ3n) is 3.81. The highest BCUT2D eigenvalue weighted by atomic mass is 35.5. The van der Waals surface area contributed by atoms with Crippen molar-refractivity contribution in [3.63, 3.8) is 0 Å². The van der Waals surface area contributed by atoms with E-state index >= 15 is 0 Å². The smallest absolute Gasteiger partial charge is 0.214 e. The zero-order chi connectivity index (χ0) is 17.2. The van der Waals surface area contributed by atoms with E-state index in [1.165, 1.54) is 11.3 Å². The van der Waals surface area contributed by atoms with Gasteiger partial charge >= 0.3 is 0 Å². The zero-order valence-corrected chi connectivity index (χ0v) is 15.0. The maximum Gasteiger partial charge on any atom is 0.214 e. The highest BCUT2D eigenvalue weighted by Crippen LogP contribution is 2.27. The number of fused-ring (bicyclic) bond motifs is 1. The standard InChI is InChI=1S/C18H15ClN4OS/c1-24-15-7-5-12(6-8-15)10-20-17-22-23-16(11-21-18(23)25-17)13-3-2-4-14(19)9-13/h2-9,11H,10H2,1H3,(H,20,22). The molecular weight excluding hydrogens is 356 g/mol. The molecule has 0 aliphatic carbocycles. The summed E-state index contributed by atoms with van der Waals surface area (Å²) in [4.78, 5) is 5.28. The summed E-state index contributed by atoms with van der Waals surface area (Å²) >= 11 is 7.60. The predicted molar refractivity (Wildman–Crippen MR) is 102 cm³/mol. The van der Waals surface area contributed by atoms with Crippen molar-refractivity contribution in [2.75, 3.05) is 12.4 Å². The second-order valence-corrected chi connectivity index (χ2v) is 6.85. The van der Waals surface area contributed by atoms with Crippen LogP contribution in [0.5, 0.6) is 5.75 Å². The van der Waals surface area contributed by atoms with Gasteiger partial charge < -0.3 is 10.1 Å². The minimum Gasteiger partial charge on any atom is -0.497 e. The lowest BCUT2D eigenvalue weighted by atomic mass is 10.2. The van der Waals surface area contributed by atoms with E-state index in [2.05, 4.69) is 15.4 Å². The van der Waals surface area contributed by atoms with Crippen LogP contribution < -0.4 is 10.1 Å². The molecule has 0 saturated carbocycles. The largest absolute Gasteiger partial charge is 0.497 e. The molecule has 7 heteroatoms. The van der Waals surface area contributed by atoms with Gasteiger partial charge in [0.05, 0.1) is 19.0 Å². The lowest BCUT2D eigenvalue weighted by molar-refractivity contribution is 0.414. The minimum absolute atomic E-state index is 0.688. The molecule has 2 aromatic heterocycles. The van der Waals surface area contributed by atoms with Gasteiger partial charge in [-0.3, -0.25) is 0 Å². The highest BCUT2D eigenvalue weighted by Gasteiger charge is 2.11. The Morgan fingerprint density at radius 2 is 2.04 bits per heavy atom. The molecule has 1 N–H and O–H groups in total. The summed E-state index contributed by atoms with van der Waals surface area (Å²) in [6.07, 6.45) is 1.82. The van der Waals surface area contributed by atoms with Crippen LogP contribution in [0.2, 0.25) is 5.02 Å². The number of benzene rings is 2. The number of rotatable bonds is 5. The third-order valence-corrected chi connectivity index (χ3v) is 4.92. The molecule has 2 heterocycles. The molecule has 0 atom stereocenters. The molecular formula is C18H15ClN4OS. The van der Waals surface area contributed by atoms with Crippen molar-refractivity contribution in [3.05, 3.63) is 65.3 Å². The van der Waals surface area contributed by atoms with Gasteiger partial charge in [0.2, 0.25) is 10.1 Å². The Labute approximate surface area is 153 Å². The van der Waals surface area contributed by atoms with Crippen LogP contribution in [0.3, 0.4) is 0 Å². The van der Waals surface area contributed by atoms with Crippen LogP contribution in [0.25, 0.3) is 16.2 Å². The molecule has 0 spiro atoms. The number of methoxy groups -OCH3 is 1. The van der Waals surface area contributed by atoms with Crippen LogP contribution in [0.1, 0.15) is 5.56 Å². The summed E-state index contributed by atoms with van der Waals surface area (Å²) in [5.74, 6) is 0.850. The summed E-state index contributed by atoms with van der Waals surface area (Å²) in [6, 6.07) is 15.6. The number of aromatic nitrogens is 3. The van der Waals surface area contributed by atoms with Crippen LogP contribution in [0.4, 0.5) is 5.13 Å². The minimum atomic E-state index is 0.688. The maximum absolute atomic E-state index is 6.09. The summed E-state index contributed by atoms with van der Waals surface area (Å²) in [6.45, 7) is 0.688. The van der Waals surface area contributed by atoms with E-state index in [0.717, 1.165) is 32.7 Å². The van der Waals surface area contributed by atoms with Crippen LogP contribution in [-0.4, -0.2) is 21.7 Å². The van der Waals surface area contributed by atoms with Gasteiger partial charge in [0, 0.05) is 17.1 Å². The van der Waals surface area contributed by atoms with Crippen molar-refractivity contribution in [2.24, 2.45) is 0 Å². The van der Waals surface area contributed by atoms with Crippen LogP contribution >= 0.6 is 22.9 Å². The predicted octanol–water partition coefficient (Wildman–Crippen LogP) is 4.73. The lowest BCUT2D eigenvalue weighted by Crippen LogP contribution is -2.00. The molecule has 5 nitrogen and oxygen atoms in total. The van der Waals surface area contributed by atoms with Gasteiger partial charge in [0.25, 0.3) is 0 Å². The topological polar surface area (TPSA) is 51.5 Å². The second-order valence-electron chi connectivity index (χ2n) is 5.46. The SMILES string of the molecule is COc1ccc(CNc2nn3c(-c4cccc(Cl)c4)cnc3s2)cc1. The van der Waals surface area contributed by atoms with Crippen molar-refractivity contribution in [2.45, 2.75) is 6.54 Å². The number of imidazole rings is 1. The molecule has 0 aliphatic rings. The van der Waals surface area contributed by atoms with Gasteiger partial charge in [-0.25, -0.2) is 9.50 Å². The molecule has 4 aromatic rings. The first-order valence-corrected chi connectivity index (χ1v) is 8.90. The van der Waals surface area contributed by atoms with E-state index < -0.39 is 0 Å². The first kappa shape index (κ1) is 15.9. The van der Waals surface area contributed by atoms with Crippen LogP contribution in [0.15, 0.2) is 54.7 Å². The zero-order valence-electron chi connectivity index (χ0n) is 13.4. The molecule has 0 fully saturated rings. The molecule has 0 amide bonds. The number of halogens is 1. The Hall–Kier alpha value is -2.57. The molecule has 25 heavy (non-hydrogen) atoms. The first-order valence-electron chi connectivity index (χ1n) is 7.70. The molecule has 0 aliphatic heterocycles. The molecule has 0 saturated heterocycles. The van der Waals surface area contributed by atoms with E-state index in [4.69, 9.17) is 16.3 Å². The Kier molecular flexibility index (Phi) is 4.29. The molecule has 4 rings (SSSR count). The first-order chi connectivity index (χ1) is 12.2. The number of hydrogen-bond acceptors (Lipinski definition) is 5. The van der Waals surface area contributed by atoms with Crippen molar-refractivity contribution in [3.8, 4) is 17.0 Å². The molecule has 2 aromatic carbocycles. The maximum atomic E-state index is 6.09. The molecule has 0 unspecified atom stereocenters. The van der Waals surface area contributed by atoms with Crippen molar-refractivity contribution >= 4 is 33.0 Å². The average Bonchev–Trinajstić information content (AvgIpc) is 3.20. The molecule has 126 valence electrons. The number of hydrogen-bond donors (Lipinski definition) is 1. The Morgan fingerprint density at radius 1 is 1.20 bits per heavy atom. The fourth-order valence-corrected chi connectivity index (χ4v) is 3.49. The lowest BCUT2D eigenvalue weighted by Gasteiger charge is -2.04. The van der Waals surface area contributed by atoms with E-state index in [-0.39, 0.29) is 0 Å². The Bertz CT molecular complexity index is 1010. The Balaban J connectivity index is 1.55. The van der Waals surface area contributed by atoms with Crippen LogP contribution in [-0.2, 0) is 6.54 Å². The fourth-order valence-electron chi connectivity index (χ4n) is 2.53. The van der Waals surface area contributed by atoms with Gasteiger partial charge in [-0.05, 0) is 29.8 Å². The van der Waals surface area contributed by atoms with Gasteiger partial charge in [-0.15, -0.1) is 5.10 Å². The molecule has 0 bridgehead atoms. The second kappa shape index (κ2) is 6.74. The summed E-state index contributed by atoms with van der Waals surface area (Å²) in [7, 11) is 1.66. The number of nitrogens with one attached hydrogen (secondary N) is 1. The van der Waals surface area contributed by atoms with E-state index in [1.807, 2.05) is 59.2 Å². The van der Waals surface area contributed by atoms with E-state index in [9.17, 15) is 0 Å². The van der Waals surface area contributed by atoms with Crippen molar-refractivity contribution in [1.29, 1.82) is 0 Å². The normalized spacial score (nSPS) is 11.0. The van der Waals surface area contributed by atoms with Gasteiger partial charge in [0.15, 0.2) is 0 Å². The monoisotopic (exact) mass is 370 g/mol. The van der Waals surface area contributed by atoms with Crippen molar-refractivity contribution in [1.82, 2.24) is 14.6 Å². The van der Waals surface area contributed by atoms with E-state index in [0.29, 0.717) is 11.6 Å². The third kappa shape index (κ3) is 3.31. The van der Waals surface area contributed by atoms with Gasteiger partial charge in [-0.1, -0.05) is 47.2 Å². The fraction of sp³-hybridized carbons (Fsp3) is 0.111. The van der Waals surface area contributed by atoms with Gasteiger partial charge in [-0.2, -0.15) is 0 Å². The quantitative estimate of drug-likeness (QED) is 0.551.